The third kappa shape index (κ3) is 1.68. The molecule has 1 aliphatic carbocycles. The smallest absolute Gasteiger partial charge is 0.333 e. The number of aliphatic carboxylic acids is 1. The van der Waals surface area contributed by atoms with Gasteiger partial charge in [0.2, 0.25) is 0 Å². The average Bonchev–Trinajstić information content (AvgIpc) is 1.94. The number of ketones is 1. The van der Waals surface area contributed by atoms with Gasteiger partial charge in [0.15, 0.2) is 5.78 Å². The lowest BCUT2D eigenvalue weighted by molar-refractivity contribution is -0.133. The zero-order valence-electron chi connectivity index (χ0n) is 5.45. The Morgan fingerprint density at radius 1 is 1.64 bits per heavy atom. The number of hydrogen-bond donors (Lipinski definition) is 1. The first kappa shape index (κ1) is 8.45. The molecule has 0 bridgehead atoms. The number of carbonyl (C=O) groups excluding carboxylic acids is 1. The number of carboxylic acids is 1. The fourth-order valence-corrected chi connectivity index (χ4v) is 1.43. The summed E-state index contributed by atoms with van der Waals surface area (Å²) in [6, 6.07) is 0. The second-order valence-electron chi connectivity index (χ2n) is 2.05. The molecule has 0 fully saturated rings. The Kier molecular flexibility index (Phi) is 2.43. The lowest BCUT2D eigenvalue weighted by Crippen LogP contribution is -2.21. The highest BCUT2D eigenvalue weighted by Gasteiger charge is 2.24. The molecule has 0 aromatic heterocycles. The number of allylic oxidation sites excluding steroid dienone is 3. The van der Waals surface area contributed by atoms with Crippen LogP contribution in [0, 0.1) is 0 Å². The Morgan fingerprint density at radius 3 is 2.73 bits per heavy atom. The van der Waals surface area contributed by atoms with Gasteiger partial charge >= 0.3 is 5.97 Å². The highest BCUT2D eigenvalue weighted by atomic mass is 127. The van der Waals surface area contributed by atoms with Crippen LogP contribution in [-0.4, -0.2) is 20.8 Å². The van der Waals surface area contributed by atoms with Crippen LogP contribution >= 0.6 is 22.6 Å². The van der Waals surface area contributed by atoms with Crippen LogP contribution in [0.15, 0.2) is 23.8 Å². The largest absolute Gasteiger partial charge is 0.478 e. The van der Waals surface area contributed by atoms with E-state index in [0.29, 0.717) is 0 Å². The monoisotopic (exact) mass is 264 g/mol. The van der Waals surface area contributed by atoms with Crippen molar-refractivity contribution < 1.29 is 14.7 Å². The Morgan fingerprint density at radius 2 is 2.27 bits per heavy atom. The summed E-state index contributed by atoms with van der Waals surface area (Å²) in [5.41, 5.74) is 0.151. The number of rotatable bonds is 1. The minimum Gasteiger partial charge on any atom is -0.478 e. The van der Waals surface area contributed by atoms with Gasteiger partial charge in [0.05, 0.1) is 5.57 Å². The molecule has 1 aliphatic rings. The number of hydrogen-bond acceptors (Lipinski definition) is 2. The molecule has 3 nitrogen and oxygen atoms in total. The molecule has 0 aromatic carbocycles. The van der Waals surface area contributed by atoms with E-state index < -0.39 is 9.89 Å². The van der Waals surface area contributed by atoms with Crippen molar-refractivity contribution in [3.8, 4) is 0 Å². The van der Waals surface area contributed by atoms with Crippen LogP contribution in [0.4, 0.5) is 0 Å². The summed E-state index contributed by atoms with van der Waals surface area (Å²) in [6.07, 6.45) is 4.28. The van der Waals surface area contributed by atoms with Gasteiger partial charge < -0.3 is 5.11 Å². The van der Waals surface area contributed by atoms with E-state index >= 15 is 0 Å². The Hall–Kier alpha value is -0.650. The van der Waals surface area contributed by atoms with Crippen molar-refractivity contribution in [2.45, 2.75) is 3.92 Å². The van der Waals surface area contributed by atoms with E-state index in [-0.39, 0.29) is 11.4 Å². The van der Waals surface area contributed by atoms with E-state index in [1.807, 2.05) is 22.6 Å². The van der Waals surface area contributed by atoms with Gasteiger partial charge in [0.1, 0.15) is 3.92 Å². The van der Waals surface area contributed by atoms with Crippen molar-refractivity contribution in [2.75, 3.05) is 0 Å². The highest BCUT2D eigenvalue weighted by molar-refractivity contribution is 14.1. The molecular weight excluding hydrogens is 259 g/mol. The first-order chi connectivity index (χ1) is 5.13. The molecule has 0 aliphatic heterocycles. The molecule has 0 radical (unpaired) electrons. The van der Waals surface area contributed by atoms with Crippen LogP contribution in [0.2, 0.25) is 0 Å². The second kappa shape index (κ2) is 3.17. The van der Waals surface area contributed by atoms with Gasteiger partial charge in [0, 0.05) is 0 Å². The summed E-state index contributed by atoms with van der Waals surface area (Å²) in [6.45, 7) is 0. The fraction of sp³-hybridized carbons (Fsp3) is 0.143. The van der Waals surface area contributed by atoms with Crippen molar-refractivity contribution in [2.24, 2.45) is 0 Å². The maximum absolute atomic E-state index is 10.9. The van der Waals surface area contributed by atoms with E-state index in [4.69, 9.17) is 5.11 Å². The van der Waals surface area contributed by atoms with Gasteiger partial charge in [-0.15, -0.1) is 0 Å². The molecule has 58 valence electrons. The molecule has 11 heavy (non-hydrogen) atoms. The van der Waals surface area contributed by atoms with E-state index in [1.54, 1.807) is 0 Å². The lowest BCUT2D eigenvalue weighted by Gasteiger charge is -2.09. The standard InChI is InChI=1S/C7H5IO3/c8-6-4(7(10)11)2-1-3-5(6)9/h1-3,6H,(H,10,11). The van der Waals surface area contributed by atoms with Crippen molar-refractivity contribution in [1.29, 1.82) is 0 Å². The molecule has 1 unspecified atom stereocenters. The zero-order chi connectivity index (χ0) is 8.43. The number of halogens is 1. The first-order valence-corrected chi connectivity index (χ1v) is 4.17. The number of carbonyl (C=O) groups is 2. The van der Waals surface area contributed by atoms with Gasteiger partial charge in [-0.2, -0.15) is 0 Å². The number of alkyl halides is 1. The van der Waals surface area contributed by atoms with Gasteiger partial charge in [0.25, 0.3) is 0 Å². The second-order valence-corrected chi connectivity index (χ2v) is 3.30. The highest BCUT2D eigenvalue weighted by Crippen LogP contribution is 2.18. The molecule has 1 atom stereocenters. The minimum absolute atomic E-state index is 0.151. The van der Waals surface area contributed by atoms with Crippen molar-refractivity contribution in [3.05, 3.63) is 23.8 Å². The molecule has 0 saturated carbocycles. The summed E-state index contributed by atoms with van der Waals surface area (Å²) in [7, 11) is 0. The number of carboxylic acid groups (broad SMARTS) is 1. The first-order valence-electron chi connectivity index (χ1n) is 2.92. The fourth-order valence-electron chi connectivity index (χ4n) is 0.749. The van der Waals surface area contributed by atoms with Gasteiger partial charge in [-0.3, -0.25) is 4.79 Å². The van der Waals surface area contributed by atoms with Gasteiger partial charge in [-0.05, 0) is 6.08 Å². The normalized spacial score (nSPS) is 23.2. The summed E-state index contributed by atoms with van der Waals surface area (Å²) < 4.78 is -0.532. The van der Waals surface area contributed by atoms with Crippen molar-refractivity contribution >= 4 is 34.3 Å². The summed E-state index contributed by atoms with van der Waals surface area (Å²) in [5, 5.41) is 8.57. The molecular formula is C7H5IO3. The predicted octanol–water partition coefficient (Wildman–Crippen LogP) is 0.940. The van der Waals surface area contributed by atoms with E-state index in [2.05, 4.69) is 0 Å². The SMILES string of the molecule is O=C(O)C1=CC=CC(=O)C1I. The Balaban J connectivity index is 2.96. The van der Waals surface area contributed by atoms with Crippen LogP contribution in [0.5, 0.6) is 0 Å². The molecule has 0 saturated heterocycles. The van der Waals surface area contributed by atoms with Crippen LogP contribution < -0.4 is 0 Å². The average molecular weight is 264 g/mol. The molecule has 0 aromatic rings. The zero-order valence-corrected chi connectivity index (χ0v) is 7.61. The summed E-state index contributed by atoms with van der Waals surface area (Å²) in [4.78, 5) is 21.4. The van der Waals surface area contributed by atoms with Gasteiger partial charge in [-0.25, -0.2) is 4.79 Å². The van der Waals surface area contributed by atoms with Crippen molar-refractivity contribution in [3.63, 3.8) is 0 Å². The molecule has 0 spiro atoms. The maximum atomic E-state index is 10.9. The molecule has 4 heteroatoms. The van der Waals surface area contributed by atoms with E-state index in [9.17, 15) is 9.59 Å². The summed E-state index contributed by atoms with van der Waals surface area (Å²) in [5.74, 6) is -1.19. The van der Waals surface area contributed by atoms with Crippen molar-refractivity contribution in [1.82, 2.24) is 0 Å². The third-order valence-electron chi connectivity index (χ3n) is 1.31. The Bertz CT molecular complexity index is 265. The predicted molar refractivity (Wildman–Crippen MR) is 47.7 cm³/mol. The van der Waals surface area contributed by atoms with Crippen LogP contribution in [0.25, 0.3) is 0 Å². The van der Waals surface area contributed by atoms with Crippen LogP contribution in [0.3, 0.4) is 0 Å². The maximum Gasteiger partial charge on any atom is 0.333 e. The third-order valence-corrected chi connectivity index (χ3v) is 2.59. The van der Waals surface area contributed by atoms with Crippen LogP contribution in [0.1, 0.15) is 0 Å². The van der Waals surface area contributed by atoms with E-state index in [0.717, 1.165) is 0 Å². The molecule has 0 heterocycles. The molecule has 1 rings (SSSR count). The molecule has 0 amide bonds. The topological polar surface area (TPSA) is 54.4 Å². The Labute approximate surface area is 76.9 Å². The minimum atomic E-state index is -1.03. The quantitative estimate of drug-likeness (QED) is 0.566. The van der Waals surface area contributed by atoms with Crippen LogP contribution in [-0.2, 0) is 9.59 Å². The van der Waals surface area contributed by atoms with Gasteiger partial charge in [-0.1, -0.05) is 34.7 Å². The summed E-state index contributed by atoms with van der Waals surface area (Å²) >= 11 is 1.81. The lowest BCUT2D eigenvalue weighted by atomic mass is 10.0. The molecule has 1 N–H and O–H groups in total. The van der Waals surface area contributed by atoms with E-state index in [1.165, 1.54) is 18.2 Å².